The maximum atomic E-state index is 4.30. The molecule has 72 valence electrons. The second-order valence-corrected chi connectivity index (χ2v) is 4.65. The van der Waals surface area contributed by atoms with E-state index in [1.165, 1.54) is 0 Å². The van der Waals surface area contributed by atoms with E-state index in [2.05, 4.69) is 39.1 Å². The van der Waals surface area contributed by atoms with Gasteiger partial charge < -0.3 is 4.90 Å². The number of nitrogens with zero attached hydrogens (tertiary/aromatic N) is 2. The van der Waals surface area contributed by atoms with E-state index in [1.807, 2.05) is 30.1 Å². The number of anilines is 1. The van der Waals surface area contributed by atoms with Crippen LogP contribution in [0.25, 0.3) is 0 Å². The molecule has 1 rings (SSSR count). The Hall–Kier alpha value is -0.220. The Morgan fingerprint density at radius 3 is 2.85 bits per heavy atom. The summed E-state index contributed by atoms with van der Waals surface area (Å²) in [5, 5.41) is 0. The highest BCUT2D eigenvalue weighted by Crippen LogP contribution is 2.13. The van der Waals surface area contributed by atoms with Crippen LogP contribution in [0, 0.1) is 0 Å². The average Bonchev–Trinajstić information content (AvgIpc) is 2.15. The fraction of sp³-hybridized carbons (Fsp3) is 0.444. The molecular weight excluding hydrogens is 248 g/mol. The van der Waals surface area contributed by atoms with E-state index < -0.39 is 0 Å². The van der Waals surface area contributed by atoms with Gasteiger partial charge in [-0.1, -0.05) is 0 Å². The third-order valence-corrected chi connectivity index (χ3v) is 2.79. The molecule has 0 aliphatic carbocycles. The molecule has 0 radical (unpaired) electrons. The zero-order valence-electron chi connectivity index (χ0n) is 7.83. The fourth-order valence-electron chi connectivity index (χ4n) is 0.937. The summed E-state index contributed by atoms with van der Waals surface area (Å²) in [5.74, 6) is 2.16. The Bertz CT molecular complexity index is 250. The minimum absolute atomic E-state index is 1.02. The van der Waals surface area contributed by atoms with Crippen molar-refractivity contribution in [2.45, 2.75) is 0 Å². The van der Waals surface area contributed by atoms with Gasteiger partial charge in [0.1, 0.15) is 5.82 Å². The molecule has 1 heterocycles. The highest BCUT2D eigenvalue weighted by atomic mass is 79.9. The van der Waals surface area contributed by atoms with Crippen LogP contribution in [-0.2, 0) is 0 Å². The molecule has 4 heteroatoms. The van der Waals surface area contributed by atoms with Gasteiger partial charge in [-0.05, 0) is 34.3 Å². The van der Waals surface area contributed by atoms with Crippen LogP contribution in [0.15, 0.2) is 22.8 Å². The molecule has 0 saturated carbocycles. The van der Waals surface area contributed by atoms with Crippen molar-refractivity contribution in [2.24, 2.45) is 0 Å². The predicted octanol–water partition coefficient (Wildman–Crippen LogP) is 2.64. The van der Waals surface area contributed by atoms with Crippen molar-refractivity contribution < 1.29 is 0 Å². The molecule has 0 spiro atoms. The van der Waals surface area contributed by atoms with Gasteiger partial charge in [0.25, 0.3) is 0 Å². The number of thioether (sulfide) groups is 1. The van der Waals surface area contributed by atoms with Crippen LogP contribution in [-0.4, -0.2) is 30.6 Å². The first kappa shape index (κ1) is 10.9. The zero-order chi connectivity index (χ0) is 9.68. The average molecular weight is 261 g/mol. The van der Waals surface area contributed by atoms with Crippen molar-refractivity contribution in [3.63, 3.8) is 0 Å². The second-order valence-electron chi connectivity index (χ2n) is 2.75. The summed E-state index contributed by atoms with van der Waals surface area (Å²) in [5.41, 5.74) is 0. The molecule has 0 atom stereocenters. The lowest BCUT2D eigenvalue weighted by molar-refractivity contribution is 0.946. The molecule has 0 unspecified atom stereocenters. The van der Waals surface area contributed by atoms with E-state index in [0.717, 1.165) is 22.6 Å². The van der Waals surface area contributed by atoms with Crippen molar-refractivity contribution in [3.8, 4) is 0 Å². The van der Waals surface area contributed by atoms with Gasteiger partial charge in [-0.2, -0.15) is 11.8 Å². The number of halogens is 1. The molecule has 0 aromatic carbocycles. The minimum atomic E-state index is 1.02. The summed E-state index contributed by atoms with van der Waals surface area (Å²) < 4.78 is 1.02. The molecule has 0 aliphatic rings. The van der Waals surface area contributed by atoms with Gasteiger partial charge in [-0.15, -0.1) is 0 Å². The molecule has 0 amide bonds. The van der Waals surface area contributed by atoms with E-state index in [1.54, 1.807) is 0 Å². The Morgan fingerprint density at radius 1 is 1.54 bits per heavy atom. The van der Waals surface area contributed by atoms with Crippen molar-refractivity contribution in [2.75, 3.05) is 30.5 Å². The van der Waals surface area contributed by atoms with Crippen LogP contribution in [0.5, 0.6) is 0 Å². The van der Waals surface area contributed by atoms with Gasteiger partial charge in [0.05, 0.1) is 0 Å². The van der Waals surface area contributed by atoms with Crippen LogP contribution in [0.2, 0.25) is 0 Å². The topological polar surface area (TPSA) is 16.1 Å². The van der Waals surface area contributed by atoms with E-state index in [0.29, 0.717) is 0 Å². The van der Waals surface area contributed by atoms with E-state index in [4.69, 9.17) is 0 Å². The number of rotatable bonds is 4. The van der Waals surface area contributed by atoms with Gasteiger partial charge >= 0.3 is 0 Å². The maximum absolute atomic E-state index is 4.30. The zero-order valence-corrected chi connectivity index (χ0v) is 10.2. The number of hydrogen-bond acceptors (Lipinski definition) is 3. The van der Waals surface area contributed by atoms with E-state index in [-0.39, 0.29) is 0 Å². The van der Waals surface area contributed by atoms with Gasteiger partial charge in [-0.3, -0.25) is 0 Å². The summed E-state index contributed by atoms with van der Waals surface area (Å²) in [6.07, 6.45) is 3.94. The van der Waals surface area contributed by atoms with Gasteiger partial charge in [0.2, 0.25) is 0 Å². The van der Waals surface area contributed by atoms with Crippen LogP contribution < -0.4 is 4.90 Å². The smallest absolute Gasteiger partial charge is 0.128 e. The molecule has 0 bridgehead atoms. The first-order valence-corrected chi connectivity index (χ1v) is 6.24. The van der Waals surface area contributed by atoms with E-state index >= 15 is 0 Å². The molecule has 1 aromatic rings. The summed E-state index contributed by atoms with van der Waals surface area (Å²) in [7, 11) is 2.06. The van der Waals surface area contributed by atoms with E-state index in [9.17, 15) is 0 Å². The summed E-state index contributed by atoms with van der Waals surface area (Å²) in [6, 6.07) is 4.03. The summed E-state index contributed by atoms with van der Waals surface area (Å²) in [4.78, 5) is 6.46. The normalized spacial score (nSPS) is 10.1. The Balaban J connectivity index is 2.55. The monoisotopic (exact) mass is 260 g/mol. The summed E-state index contributed by atoms with van der Waals surface area (Å²) in [6.45, 7) is 1.04. The summed E-state index contributed by atoms with van der Waals surface area (Å²) >= 11 is 5.21. The lowest BCUT2D eigenvalue weighted by Gasteiger charge is -2.16. The third kappa shape index (κ3) is 3.56. The van der Waals surface area contributed by atoms with Crippen LogP contribution in [0.1, 0.15) is 0 Å². The Kier molecular flexibility index (Phi) is 4.59. The third-order valence-electron chi connectivity index (χ3n) is 1.73. The largest absolute Gasteiger partial charge is 0.359 e. The molecule has 2 nitrogen and oxygen atoms in total. The molecule has 0 N–H and O–H groups in total. The van der Waals surface area contributed by atoms with Crippen LogP contribution in [0.4, 0.5) is 5.82 Å². The van der Waals surface area contributed by atoms with Gasteiger partial charge in [0, 0.05) is 30.0 Å². The van der Waals surface area contributed by atoms with Crippen molar-refractivity contribution in [1.29, 1.82) is 0 Å². The Morgan fingerprint density at radius 2 is 2.31 bits per heavy atom. The maximum Gasteiger partial charge on any atom is 0.128 e. The van der Waals surface area contributed by atoms with Crippen molar-refractivity contribution in [3.05, 3.63) is 22.8 Å². The molecule has 0 saturated heterocycles. The minimum Gasteiger partial charge on any atom is -0.359 e. The SMILES string of the molecule is CSCCN(C)c1ccc(Br)cn1. The van der Waals surface area contributed by atoms with Gasteiger partial charge in [-0.25, -0.2) is 4.98 Å². The predicted molar refractivity (Wildman–Crippen MR) is 63.6 cm³/mol. The molecule has 0 fully saturated rings. The highest BCUT2D eigenvalue weighted by Gasteiger charge is 2.00. The lowest BCUT2D eigenvalue weighted by atomic mass is 10.4. The van der Waals surface area contributed by atoms with Gasteiger partial charge in [0.15, 0.2) is 0 Å². The first-order valence-electron chi connectivity index (χ1n) is 4.05. The van der Waals surface area contributed by atoms with Crippen LogP contribution in [0.3, 0.4) is 0 Å². The fourth-order valence-corrected chi connectivity index (χ4v) is 1.63. The number of hydrogen-bond donors (Lipinski definition) is 0. The quantitative estimate of drug-likeness (QED) is 0.829. The molecule has 0 aliphatic heterocycles. The molecule has 1 aromatic heterocycles. The standard InChI is InChI=1S/C9H13BrN2S/c1-12(5-6-13-2)9-4-3-8(10)7-11-9/h3-4,7H,5-6H2,1-2H3. The lowest BCUT2D eigenvalue weighted by Crippen LogP contribution is -2.20. The molecular formula is C9H13BrN2S. The Labute approximate surface area is 91.9 Å². The number of pyridine rings is 1. The van der Waals surface area contributed by atoms with Crippen molar-refractivity contribution in [1.82, 2.24) is 4.98 Å². The van der Waals surface area contributed by atoms with Crippen LogP contribution >= 0.6 is 27.7 Å². The molecule has 13 heavy (non-hydrogen) atoms. The highest BCUT2D eigenvalue weighted by molar-refractivity contribution is 9.10. The second kappa shape index (κ2) is 5.50. The number of aromatic nitrogens is 1. The van der Waals surface area contributed by atoms with Crippen molar-refractivity contribution >= 4 is 33.5 Å². The first-order chi connectivity index (χ1) is 6.24.